The maximum Gasteiger partial charge on any atom is 0.101 e. The Morgan fingerprint density at radius 2 is 1.90 bits per heavy atom. The van der Waals surface area contributed by atoms with E-state index in [9.17, 15) is 0 Å². The molecule has 0 aliphatic heterocycles. The molecule has 98 valence electrons. The lowest BCUT2D eigenvalue weighted by Gasteiger charge is -2.17. The summed E-state index contributed by atoms with van der Waals surface area (Å²) in [7, 11) is 0. The van der Waals surface area contributed by atoms with Crippen molar-refractivity contribution in [3.8, 4) is 12.1 Å². The first-order chi connectivity index (χ1) is 9.63. The highest BCUT2D eigenvalue weighted by molar-refractivity contribution is 6.30. The van der Waals surface area contributed by atoms with Crippen LogP contribution in [0.1, 0.15) is 29.7 Å². The fourth-order valence-corrected chi connectivity index (χ4v) is 2.10. The predicted octanol–water partition coefficient (Wildman–Crippen LogP) is 4.26. The van der Waals surface area contributed by atoms with E-state index in [4.69, 9.17) is 22.1 Å². The van der Waals surface area contributed by atoms with E-state index in [1.807, 2.05) is 25.1 Å². The molecule has 1 atom stereocenters. The number of hydrogen-bond acceptors (Lipinski definition) is 3. The first kappa shape index (κ1) is 13.9. The van der Waals surface area contributed by atoms with Crippen molar-refractivity contribution >= 4 is 17.3 Å². The van der Waals surface area contributed by atoms with Gasteiger partial charge in [0.15, 0.2) is 0 Å². The average molecular weight is 282 g/mol. The van der Waals surface area contributed by atoms with Gasteiger partial charge in [0.25, 0.3) is 0 Å². The third-order valence-corrected chi connectivity index (χ3v) is 3.22. The summed E-state index contributed by atoms with van der Waals surface area (Å²) < 4.78 is 0. The molecule has 4 heteroatoms. The van der Waals surface area contributed by atoms with E-state index in [0.717, 1.165) is 5.56 Å². The minimum absolute atomic E-state index is 0.0335. The zero-order chi connectivity index (χ0) is 14.5. The Balaban J connectivity index is 2.28. The van der Waals surface area contributed by atoms with Crippen LogP contribution >= 0.6 is 11.6 Å². The lowest BCUT2D eigenvalue weighted by Crippen LogP contribution is -2.08. The number of hydrogen-bond donors (Lipinski definition) is 1. The highest BCUT2D eigenvalue weighted by Gasteiger charge is 2.09. The summed E-state index contributed by atoms with van der Waals surface area (Å²) >= 11 is 5.96. The SMILES string of the molecule is CC(Nc1cc(Cl)ccc1C#N)c1cccc(C#N)c1. The number of rotatable bonds is 3. The van der Waals surface area contributed by atoms with Gasteiger partial charge >= 0.3 is 0 Å². The Kier molecular flexibility index (Phi) is 4.25. The van der Waals surface area contributed by atoms with Gasteiger partial charge in [-0.25, -0.2) is 0 Å². The summed E-state index contributed by atoms with van der Waals surface area (Å²) in [4.78, 5) is 0. The quantitative estimate of drug-likeness (QED) is 0.914. The molecule has 0 saturated carbocycles. The Morgan fingerprint density at radius 3 is 2.60 bits per heavy atom. The molecule has 3 nitrogen and oxygen atoms in total. The molecule has 1 N–H and O–H groups in total. The zero-order valence-electron chi connectivity index (χ0n) is 10.9. The van der Waals surface area contributed by atoms with Crippen LogP contribution in [0.4, 0.5) is 5.69 Å². The largest absolute Gasteiger partial charge is 0.377 e. The molecule has 0 heterocycles. The monoisotopic (exact) mass is 281 g/mol. The molecule has 0 aromatic heterocycles. The molecule has 0 aliphatic rings. The van der Waals surface area contributed by atoms with Crippen LogP contribution in [0.5, 0.6) is 0 Å². The molecule has 2 aromatic carbocycles. The van der Waals surface area contributed by atoms with Crippen LogP contribution in [0.15, 0.2) is 42.5 Å². The van der Waals surface area contributed by atoms with E-state index in [-0.39, 0.29) is 6.04 Å². The van der Waals surface area contributed by atoms with Crippen molar-refractivity contribution in [3.05, 3.63) is 64.2 Å². The second kappa shape index (κ2) is 6.10. The van der Waals surface area contributed by atoms with Crippen LogP contribution < -0.4 is 5.32 Å². The maximum atomic E-state index is 9.10. The minimum Gasteiger partial charge on any atom is -0.377 e. The number of anilines is 1. The Morgan fingerprint density at radius 1 is 1.10 bits per heavy atom. The van der Waals surface area contributed by atoms with Gasteiger partial charge in [-0.2, -0.15) is 10.5 Å². The summed E-state index contributed by atoms with van der Waals surface area (Å²) in [6.07, 6.45) is 0. The van der Waals surface area contributed by atoms with Crippen molar-refractivity contribution in [3.63, 3.8) is 0 Å². The van der Waals surface area contributed by atoms with E-state index in [1.54, 1.807) is 24.3 Å². The molecule has 0 aliphatic carbocycles. The molecule has 0 bridgehead atoms. The Bertz CT molecular complexity index is 710. The van der Waals surface area contributed by atoms with Gasteiger partial charge in [0.2, 0.25) is 0 Å². The number of nitriles is 2. The zero-order valence-corrected chi connectivity index (χ0v) is 11.6. The van der Waals surface area contributed by atoms with Gasteiger partial charge < -0.3 is 5.32 Å². The number of nitrogens with one attached hydrogen (secondary N) is 1. The normalized spacial score (nSPS) is 11.2. The number of benzene rings is 2. The van der Waals surface area contributed by atoms with Gasteiger partial charge in [0, 0.05) is 11.1 Å². The molecule has 0 radical (unpaired) electrons. The highest BCUT2D eigenvalue weighted by Crippen LogP contribution is 2.25. The van der Waals surface area contributed by atoms with E-state index < -0.39 is 0 Å². The van der Waals surface area contributed by atoms with Crippen LogP contribution in [0.3, 0.4) is 0 Å². The molecular weight excluding hydrogens is 270 g/mol. The van der Waals surface area contributed by atoms with Crippen molar-refractivity contribution in [2.75, 3.05) is 5.32 Å². The lowest BCUT2D eigenvalue weighted by atomic mass is 10.0. The van der Waals surface area contributed by atoms with Crippen LogP contribution in [-0.2, 0) is 0 Å². The molecule has 2 rings (SSSR count). The maximum absolute atomic E-state index is 9.10. The summed E-state index contributed by atoms with van der Waals surface area (Å²) in [5.74, 6) is 0. The summed E-state index contributed by atoms with van der Waals surface area (Å²) in [6, 6.07) is 16.7. The van der Waals surface area contributed by atoms with Gasteiger partial charge in [-0.1, -0.05) is 23.7 Å². The fourth-order valence-electron chi connectivity index (χ4n) is 1.93. The first-order valence-corrected chi connectivity index (χ1v) is 6.48. The molecule has 0 fully saturated rings. The van der Waals surface area contributed by atoms with Crippen molar-refractivity contribution in [2.24, 2.45) is 0 Å². The van der Waals surface area contributed by atoms with E-state index in [2.05, 4.69) is 17.5 Å². The third-order valence-electron chi connectivity index (χ3n) is 2.99. The molecule has 2 aromatic rings. The molecule has 1 unspecified atom stereocenters. The van der Waals surface area contributed by atoms with E-state index in [0.29, 0.717) is 21.8 Å². The third kappa shape index (κ3) is 3.09. The second-order valence-electron chi connectivity index (χ2n) is 4.41. The Labute approximate surface area is 123 Å². The highest BCUT2D eigenvalue weighted by atomic mass is 35.5. The second-order valence-corrected chi connectivity index (χ2v) is 4.84. The molecule has 0 saturated heterocycles. The van der Waals surface area contributed by atoms with Crippen molar-refractivity contribution in [1.82, 2.24) is 0 Å². The number of nitrogens with zero attached hydrogens (tertiary/aromatic N) is 2. The minimum atomic E-state index is -0.0335. The summed E-state index contributed by atoms with van der Waals surface area (Å²) in [5.41, 5.74) is 2.82. The number of halogens is 1. The molecule has 0 spiro atoms. The van der Waals surface area contributed by atoms with E-state index in [1.165, 1.54) is 0 Å². The standard InChI is InChI=1S/C16H12ClN3/c1-11(13-4-2-3-12(7-13)9-18)20-16-8-15(17)6-5-14(16)10-19/h2-8,11,20H,1H3. The Hall–Kier alpha value is -2.49. The van der Waals surface area contributed by atoms with Crippen molar-refractivity contribution < 1.29 is 0 Å². The van der Waals surface area contributed by atoms with Crippen LogP contribution in [-0.4, -0.2) is 0 Å². The van der Waals surface area contributed by atoms with Crippen LogP contribution in [0.25, 0.3) is 0 Å². The van der Waals surface area contributed by atoms with Crippen LogP contribution in [0, 0.1) is 22.7 Å². The van der Waals surface area contributed by atoms with Crippen molar-refractivity contribution in [2.45, 2.75) is 13.0 Å². The summed E-state index contributed by atoms with van der Waals surface area (Å²) in [5, 5.41) is 21.8. The van der Waals surface area contributed by atoms with Crippen molar-refractivity contribution in [1.29, 1.82) is 10.5 Å². The molecule has 0 amide bonds. The smallest absolute Gasteiger partial charge is 0.101 e. The fraction of sp³-hybridized carbons (Fsp3) is 0.125. The molecule has 20 heavy (non-hydrogen) atoms. The van der Waals surface area contributed by atoms with Gasteiger partial charge in [0.05, 0.1) is 22.9 Å². The first-order valence-electron chi connectivity index (χ1n) is 6.10. The summed E-state index contributed by atoms with van der Waals surface area (Å²) in [6.45, 7) is 1.97. The van der Waals surface area contributed by atoms with Gasteiger partial charge in [-0.05, 0) is 42.8 Å². The average Bonchev–Trinajstić information content (AvgIpc) is 2.47. The lowest BCUT2D eigenvalue weighted by molar-refractivity contribution is 0.883. The van der Waals surface area contributed by atoms with Crippen LogP contribution in [0.2, 0.25) is 5.02 Å². The van der Waals surface area contributed by atoms with Gasteiger partial charge in [-0.15, -0.1) is 0 Å². The van der Waals surface area contributed by atoms with E-state index >= 15 is 0 Å². The topological polar surface area (TPSA) is 59.6 Å². The molecular formula is C16H12ClN3. The predicted molar refractivity (Wildman–Crippen MR) is 79.4 cm³/mol. The van der Waals surface area contributed by atoms with Gasteiger partial charge in [-0.3, -0.25) is 0 Å². The van der Waals surface area contributed by atoms with Gasteiger partial charge in [0.1, 0.15) is 6.07 Å².